The Balaban J connectivity index is 2.33. The Hall–Kier alpha value is -1.35. The van der Waals surface area contributed by atoms with Crippen LogP contribution in [0.2, 0.25) is 0 Å². The lowest BCUT2D eigenvalue weighted by atomic mass is 10.3. The zero-order valence-corrected chi connectivity index (χ0v) is 11.6. The van der Waals surface area contributed by atoms with Crippen LogP contribution in [0.15, 0.2) is 0 Å². The Labute approximate surface area is 117 Å². The predicted octanol–water partition coefficient (Wildman–Crippen LogP) is 1.75. The van der Waals surface area contributed by atoms with Crippen LogP contribution >= 0.6 is 11.3 Å². The largest absolute Gasteiger partial charge is 0.462 e. The number of hydrogen-bond acceptors (Lipinski definition) is 6. The predicted molar refractivity (Wildman–Crippen MR) is 68.2 cm³/mol. The van der Waals surface area contributed by atoms with Gasteiger partial charge in [0, 0.05) is 26.2 Å². The van der Waals surface area contributed by atoms with Gasteiger partial charge < -0.3 is 15.0 Å². The molecule has 112 valence electrons. The second-order valence-electron chi connectivity index (χ2n) is 4.13. The van der Waals surface area contributed by atoms with Gasteiger partial charge in [0.1, 0.15) is 4.88 Å². The first-order chi connectivity index (χ1) is 9.43. The summed E-state index contributed by atoms with van der Waals surface area (Å²) in [6.07, 6.45) is -4.66. The van der Waals surface area contributed by atoms with Crippen LogP contribution < -0.4 is 10.2 Å². The van der Waals surface area contributed by atoms with Crippen molar-refractivity contribution in [2.45, 2.75) is 13.1 Å². The Morgan fingerprint density at radius 3 is 2.65 bits per heavy atom. The van der Waals surface area contributed by atoms with Crippen molar-refractivity contribution in [2.24, 2.45) is 0 Å². The van der Waals surface area contributed by atoms with E-state index in [1.165, 1.54) is 0 Å². The fourth-order valence-electron chi connectivity index (χ4n) is 1.83. The summed E-state index contributed by atoms with van der Waals surface area (Å²) >= 11 is 0.733. The number of alkyl halides is 3. The molecule has 5 nitrogen and oxygen atoms in total. The third-order valence-electron chi connectivity index (χ3n) is 2.73. The van der Waals surface area contributed by atoms with Crippen molar-refractivity contribution in [2.75, 3.05) is 37.7 Å². The highest BCUT2D eigenvalue weighted by Gasteiger charge is 2.40. The van der Waals surface area contributed by atoms with Crippen LogP contribution in [0.5, 0.6) is 0 Å². The van der Waals surface area contributed by atoms with Crippen molar-refractivity contribution in [1.82, 2.24) is 10.3 Å². The Kier molecular flexibility index (Phi) is 4.48. The number of piperazine rings is 1. The van der Waals surface area contributed by atoms with Crippen molar-refractivity contribution in [3.63, 3.8) is 0 Å². The first-order valence-electron chi connectivity index (χ1n) is 6.14. The average molecular weight is 309 g/mol. The molecule has 1 aliphatic heterocycles. The fraction of sp³-hybridized carbons (Fsp3) is 0.636. The van der Waals surface area contributed by atoms with Gasteiger partial charge in [0.05, 0.1) is 6.61 Å². The molecule has 2 heterocycles. The molecule has 0 atom stereocenters. The molecule has 1 saturated heterocycles. The second kappa shape index (κ2) is 5.96. The fourth-order valence-corrected chi connectivity index (χ4v) is 2.86. The molecule has 0 unspecified atom stereocenters. The smallest absolute Gasteiger partial charge is 0.435 e. The lowest BCUT2D eigenvalue weighted by Gasteiger charge is -2.26. The lowest BCUT2D eigenvalue weighted by molar-refractivity contribution is -0.141. The van der Waals surface area contributed by atoms with Crippen molar-refractivity contribution < 1.29 is 22.7 Å². The van der Waals surface area contributed by atoms with Gasteiger partial charge in [-0.15, -0.1) is 0 Å². The number of rotatable bonds is 3. The van der Waals surface area contributed by atoms with E-state index in [2.05, 4.69) is 15.0 Å². The molecule has 0 aliphatic carbocycles. The van der Waals surface area contributed by atoms with Crippen LogP contribution in [-0.2, 0) is 10.9 Å². The van der Waals surface area contributed by atoms with E-state index in [-0.39, 0.29) is 11.7 Å². The van der Waals surface area contributed by atoms with Gasteiger partial charge in [0.15, 0.2) is 10.8 Å². The number of hydrogen-bond donors (Lipinski definition) is 1. The number of carbonyl (C=O) groups is 1. The zero-order chi connectivity index (χ0) is 14.8. The molecule has 9 heteroatoms. The summed E-state index contributed by atoms with van der Waals surface area (Å²) in [5, 5.41) is 3.31. The number of anilines is 1. The topological polar surface area (TPSA) is 54.5 Å². The Bertz CT molecular complexity index is 484. The molecule has 0 bridgehead atoms. The van der Waals surface area contributed by atoms with Gasteiger partial charge in [-0.05, 0) is 6.92 Å². The molecule has 20 heavy (non-hydrogen) atoms. The standard InChI is InChI=1S/C11H14F3N3O2S/c1-2-19-9(18)7-8(11(12,13)14)16-10(20-7)17-5-3-15-4-6-17/h15H,2-6H2,1H3. The van der Waals surface area contributed by atoms with Crippen LogP contribution in [0, 0.1) is 0 Å². The number of aromatic nitrogens is 1. The van der Waals surface area contributed by atoms with Crippen LogP contribution in [0.1, 0.15) is 22.3 Å². The maximum atomic E-state index is 12.9. The van der Waals surface area contributed by atoms with Crippen LogP contribution in [0.25, 0.3) is 0 Å². The first kappa shape index (κ1) is 15.0. The first-order valence-corrected chi connectivity index (χ1v) is 6.96. The van der Waals surface area contributed by atoms with Crippen LogP contribution in [0.4, 0.5) is 18.3 Å². The van der Waals surface area contributed by atoms with Crippen molar-refractivity contribution in [1.29, 1.82) is 0 Å². The maximum absolute atomic E-state index is 12.9. The Morgan fingerprint density at radius 1 is 1.45 bits per heavy atom. The third kappa shape index (κ3) is 3.21. The highest BCUT2D eigenvalue weighted by molar-refractivity contribution is 7.17. The minimum absolute atomic E-state index is 0.0248. The van der Waals surface area contributed by atoms with Gasteiger partial charge >= 0.3 is 12.1 Å². The molecule has 0 saturated carbocycles. The number of esters is 1. The normalized spacial score (nSPS) is 16.3. The van der Waals surface area contributed by atoms with Gasteiger partial charge in [-0.25, -0.2) is 9.78 Å². The summed E-state index contributed by atoms with van der Waals surface area (Å²) in [5.41, 5.74) is -1.16. The SMILES string of the molecule is CCOC(=O)c1sc(N2CCNCC2)nc1C(F)(F)F. The quantitative estimate of drug-likeness (QED) is 0.862. The number of carbonyl (C=O) groups excluding carboxylic acids is 1. The van der Waals surface area contributed by atoms with Crippen LogP contribution in [0.3, 0.4) is 0 Å². The molecule has 0 radical (unpaired) electrons. The highest BCUT2D eigenvalue weighted by Crippen LogP contribution is 2.37. The molecule has 1 N–H and O–H groups in total. The van der Waals surface area contributed by atoms with Crippen LogP contribution in [-0.4, -0.2) is 43.7 Å². The minimum Gasteiger partial charge on any atom is -0.462 e. The number of nitrogens with one attached hydrogen (secondary N) is 1. The van der Waals surface area contributed by atoms with Gasteiger partial charge in [0.2, 0.25) is 0 Å². The van der Waals surface area contributed by atoms with Gasteiger partial charge in [0.25, 0.3) is 0 Å². The van der Waals surface area contributed by atoms with Crippen molar-refractivity contribution in [3.05, 3.63) is 10.6 Å². The summed E-state index contributed by atoms with van der Waals surface area (Å²) in [6, 6.07) is 0. The molecule has 1 aliphatic rings. The van der Waals surface area contributed by atoms with Crippen molar-refractivity contribution >= 4 is 22.4 Å². The molecular formula is C11H14F3N3O2S. The molecular weight excluding hydrogens is 295 g/mol. The number of ether oxygens (including phenoxy) is 1. The highest BCUT2D eigenvalue weighted by atomic mass is 32.1. The Morgan fingerprint density at radius 2 is 2.10 bits per heavy atom. The number of nitrogens with zero attached hydrogens (tertiary/aromatic N) is 2. The third-order valence-corrected chi connectivity index (χ3v) is 3.83. The van der Waals surface area contributed by atoms with Gasteiger partial charge in [-0.2, -0.15) is 13.2 Å². The minimum atomic E-state index is -4.66. The van der Waals surface area contributed by atoms with E-state index < -0.39 is 22.7 Å². The molecule has 0 amide bonds. The van der Waals surface area contributed by atoms with E-state index >= 15 is 0 Å². The zero-order valence-electron chi connectivity index (χ0n) is 10.8. The van der Waals surface area contributed by atoms with Gasteiger partial charge in [-0.3, -0.25) is 0 Å². The molecule has 2 rings (SSSR count). The molecule has 0 aromatic carbocycles. The summed E-state index contributed by atoms with van der Waals surface area (Å²) in [6.45, 7) is 4.05. The van der Waals surface area contributed by atoms with Gasteiger partial charge in [-0.1, -0.05) is 11.3 Å². The molecule has 0 spiro atoms. The number of halogens is 3. The average Bonchev–Trinajstić information content (AvgIpc) is 2.85. The van der Waals surface area contributed by atoms with E-state index in [1.54, 1.807) is 11.8 Å². The molecule has 1 aromatic heterocycles. The summed E-state index contributed by atoms with van der Waals surface area (Å²) < 4.78 is 43.5. The maximum Gasteiger partial charge on any atom is 0.435 e. The molecule has 1 fully saturated rings. The van der Waals surface area contributed by atoms with E-state index in [9.17, 15) is 18.0 Å². The molecule has 1 aromatic rings. The van der Waals surface area contributed by atoms with E-state index in [4.69, 9.17) is 0 Å². The number of thiazole rings is 1. The second-order valence-corrected chi connectivity index (χ2v) is 5.11. The monoisotopic (exact) mass is 309 g/mol. The summed E-state index contributed by atoms with van der Waals surface area (Å²) in [4.78, 5) is 16.5. The summed E-state index contributed by atoms with van der Waals surface area (Å²) in [5.74, 6) is -0.973. The summed E-state index contributed by atoms with van der Waals surface area (Å²) in [7, 11) is 0. The van der Waals surface area contributed by atoms with E-state index in [0.29, 0.717) is 26.2 Å². The van der Waals surface area contributed by atoms with Crippen molar-refractivity contribution in [3.8, 4) is 0 Å². The van der Waals surface area contributed by atoms with E-state index in [1.807, 2.05) is 0 Å². The van der Waals surface area contributed by atoms with E-state index in [0.717, 1.165) is 11.3 Å². The lowest BCUT2D eigenvalue weighted by Crippen LogP contribution is -2.43.